The van der Waals surface area contributed by atoms with E-state index in [1.54, 1.807) is 6.07 Å². The molecule has 1 N–H and O–H groups in total. The minimum absolute atomic E-state index is 0.0747. The summed E-state index contributed by atoms with van der Waals surface area (Å²) in [4.78, 5) is 7.92. The van der Waals surface area contributed by atoms with Crippen molar-refractivity contribution in [2.45, 2.75) is 6.54 Å². The third-order valence-corrected chi connectivity index (χ3v) is 2.91. The fourth-order valence-electron chi connectivity index (χ4n) is 1.41. The number of halogens is 3. The molecule has 2 rings (SSSR count). The first-order valence-corrected chi connectivity index (χ1v) is 6.10. The van der Waals surface area contributed by atoms with Crippen LogP contribution >= 0.6 is 23.2 Å². The van der Waals surface area contributed by atoms with Gasteiger partial charge in [0.15, 0.2) is 5.82 Å². The van der Waals surface area contributed by atoms with Crippen LogP contribution in [0.1, 0.15) is 5.56 Å². The molecule has 0 bridgehead atoms. The van der Waals surface area contributed by atoms with E-state index in [9.17, 15) is 4.39 Å². The number of nitrogens with zero attached hydrogens (tertiary/aromatic N) is 2. The highest BCUT2D eigenvalue weighted by molar-refractivity contribution is 6.32. The van der Waals surface area contributed by atoms with Crippen molar-refractivity contribution in [3.8, 4) is 6.01 Å². The smallest absolute Gasteiger partial charge is 0.318 e. The first-order chi connectivity index (χ1) is 9.10. The van der Waals surface area contributed by atoms with E-state index in [0.717, 1.165) is 5.56 Å². The summed E-state index contributed by atoms with van der Waals surface area (Å²) in [6, 6.07) is 4.68. The van der Waals surface area contributed by atoms with Gasteiger partial charge < -0.3 is 10.1 Å². The van der Waals surface area contributed by atoms with Gasteiger partial charge in [0.2, 0.25) is 0 Å². The van der Waals surface area contributed by atoms with Gasteiger partial charge in [-0.05, 0) is 17.7 Å². The van der Waals surface area contributed by atoms with Crippen LogP contribution in [-0.4, -0.2) is 17.1 Å². The van der Waals surface area contributed by atoms with Crippen molar-refractivity contribution in [3.05, 3.63) is 45.8 Å². The molecule has 0 saturated heterocycles. The molecule has 1 aromatic heterocycles. The predicted octanol–water partition coefficient (Wildman–Crippen LogP) is 3.54. The fraction of sp³-hybridized carbons (Fsp3) is 0.167. The van der Waals surface area contributed by atoms with Gasteiger partial charge in [0.25, 0.3) is 0 Å². The molecule has 100 valence electrons. The third kappa shape index (κ3) is 3.45. The van der Waals surface area contributed by atoms with E-state index in [2.05, 4.69) is 15.3 Å². The normalized spacial score (nSPS) is 10.3. The molecule has 19 heavy (non-hydrogen) atoms. The lowest BCUT2D eigenvalue weighted by Gasteiger charge is -2.08. The molecule has 0 saturated carbocycles. The Labute approximate surface area is 119 Å². The maximum atomic E-state index is 13.0. The summed E-state index contributed by atoms with van der Waals surface area (Å²) < 4.78 is 17.9. The van der Waals surface area contributed by atoms with Crippen LogP contribution in [0.25, 0.3) is 0 Å². The highest BCUT2D eigenvalue weighted by Gasteiger charge is 2.06. The van der Waals surface area contributed by atoms with Crippen molar-refractivity contribution in [1.82, 2.24) is 9.97 Å². The topological polar surface area (TPSA) is 47.0 Å². The summed E-state index contributed by atoms with van der Waals surface area (Å²) in [6.45, 7) is 0.403. The van der Waals surface area contributed by atoms with E-state index in [0.29, 0.717) is 17.4 Å². The molecule has 2 aromatic rings. The number of aromatic nitrogens is 2. The molecular weight excluding hydrogens is 292 g/mol. The summed E-state index contributed by atoms with van der Waals surface area (Å²) >= 11 is 11.6. The van der Waals surface area contributed by atoms with Crippen LogP contribution in [0.4, 0.5) is 10.2 Å². The summed E-state index contributed by atoms with van der Waals surface area (Å²) in [6.07, 6.45) is 1.44. The van der Waals surface area contributed by atoms with E-state index in [1.807, 2.05) is 0 Å². The zero-order valence-corrected chi connectivity index (χ0v) is 11.5. The number of hydrogen-bond donors (Lipinski definition) is 1. The predicted molar refractivity (Wildman–Crippen MR) is 72.3 cm³/mol. The summed E-state index contributed by atoms with van der Waals surface area (Å²) in [5.41, 5.74) is 0.806. The van der Waals surface area contributed by atoms with Crippen LogP contribution in [0.5, 0.6) is 6.01 Å². The maximum absolute atomic E-state index is 13.0. The number of ether oxygens (including phenoxy) is 1. The number of anilines is 1. The van der Waals surface area contributed by atoms with E-state index in [-0.39, 0.29) is 11.0 Å². The molecule has 1 heterocycles. The van der Waals surface area contributed by atoms with Crippen LogP contribution in [-0.2, 0) is 6.54 Å². The lowest BCUT2D eigenvalue weighted by atomic mass is 10.2. The van der Waals surface area contributed by atoms with Crippen molar-refractivity contribution >= 4 is 29.0 Å². The average molecular weight is 302 g/mol. The zero-order valence-electron chi connectivity index (χ0n) is 9.95. The second kappa shape index (κ2) is 6.04. The lowest BCUT2D eigenvalue weighted by molar-refractivity contribution is 0.380. The molecule has 4 nitrogen and oxygen atoms in total. The van der Waals surface area contributed by atoms with Crippen LogP contribution < -0.4 is 10.1 Å². The van der Waals surface area contributed by atoms with Gasteiger partial charge in [-0.15, -0.1) is 0 Å². The van der Waals surface area contributed by atoms with E-state index < -0.39 is 5.82 Å². The number of hydrogen-bond acceptors (Lipinski definition) is 4. The Morgan fingerprint density at radius 1 is 1.32 bits per heavy atom. The number of rotatable bonds is 4. The van der Waals surface area contributed by atoms with Gasteiger partial charge in [-0.25, -0.2) is 9.37 Å². The maximum Gasteiger partial charge on any atom is 0.318 e. The summed E-state index contributed by atoms with van der Waals surface area (Å²) in [5, 5.41) is 3.45. The van der Waals surface area contributed by atoms with Crippen molar-refractivity contribution in [1.29, 1.82) is 0 Å². The largest absolute Gasteiger partial charge is 0.467 e. The molecule has 7 heteroatoms. The highest BCUT2D eigenvalue weighted by Crippen LogP contribution is 2.22. The molecule has 0 spiro atoms. The fourth-order valence-corrected chi connectivity index (χ4v) is 1.77. The molecule has 0 radical (unpaired) electrons. The number of nitrogens with one attached hydrogen (secondary N) is 1. The van der Waals surface area contributed by atoms with Crippen LogP contribution in [0.15, 0.2) is 24.4 Å². The van der Waals surface area contributed by atoms with Gasteiger partial charge in [0, 0.05) is 6.54 Å². The molecular formula is C12H10Cl2FN3O. The summed E-state index contributed by atoms with van der Waals surface area (Å²) in [7, 11) is 1.47. The van der Waals surface area contributed by atoms with Crippen LogP contribution in [0.3, 0.4) is 0 Å². The van der Waals surface area contributed by atoms with Crippen LogP contribution in [0.2, 0.25) is 10.0 Å². The SMILES string of the molecule is COc1ncc(Cl)c(NCc2ccc(F)c(Cl)c2)n1. The molecule has 0 amide bonds. The van der Waals surface area contributed by atoms with E-state index in [1.165, 1.54) is 25.4 Å². The zero-order chi connectivity index (χ0) is 13.8. The van der Waals surface area contributed by atoms with Gasteiger partial charge in [-0.1, -0.05) is 29.3 Å². The van der Waals surface area contributed by atoms with Crippen molar-refractivity contribution in [2.24, 2.45) is 0 Å². The molecule has 0 unspecified atom stereocenters. The Hall–Kier alpha value is -1.59. The van der Waals surface area contributed by atoms with Gasteiger partial charge >= 0.3 is 6.01 Å². The van der Waals surface area contributed by atoms with Gasteiger partial charge in [-0.2, -0.15) is 4.98 Å². The number of benzene rings is 1. The third-order valence-electron chi connectivity index (χ3n) is 2.35. The molecule has 0 aliphatic carbocycles. The molecule has 0 aliphatic heterocycles. The second-order valence-electron chi connectivity index (χ2n) is 3.66. The van der Waals surface area contributed by atoms with Crippen molar-refractivity contribution in [3.63, 3.8) is 0 Å². The molecule has 1 aromatic carbocycles. The van der Waals surface area contributed by atoms with Gasteiger partial charge in [0.1, 0.15) is 10.8 Å². The van der Waals surface area contributed by atoms with Crippen molar-refractivity contribution < 1.29 is 9.13 Å². The standard InChI is InChI=1S/C12H10Cl2FN3O/c1-19-12-17-6-9(14)11(18-12)16-5-7-2-3-10(15)8(13)4-7/h2-4,6H,5H2,1H3,(H,16,17,18). The van der Waals surface area contributed by atoms with Gasteiger partial charge in [-0.3, -0.25) is 0 Å². The Morgan fingerprint density at radius 2 is 2.11 bits per heavy atom. The molecule has 0 aliphatic rings. The molecule has 0 fully saturated rings. The highest BCUT2D eigenvalue weighted by atomic mass is 35.5. The van der Waals surface area contributed by atoms with E-state index in [4.69, 9.17) is 27.9 Å². The minimum Gasteiger partial charge on any atom is -0.467 e. The quantitative estimate of drug-likeness (QED) is 0.938. The Bertz CT molecular complexity index is 595. The molecule has 0 atom stereocenters. The first kappa shape index (κ1) is 13.8. The number of methoxy groups -OCH3 is 1. The second-order valence-corrected chi connectivity index (χ2v) is 4.47. The van der Waals surface area contributed by atoms with E-state index >= 15 is 0 Å². The lowest BCUT2D eigenvalue weighted by Crippen LogP contribution is -2.04. The first-order valence-electron chi connectivity index (χ1n) is 5.34. The van der Waals surface area contributed by atoms with Crippen molar-refractivity contribution in [2.75, 3.05) is 12.4 Å². The monoisotopic (exact) mass is 301 g/mol. The average Bonchev–Trinajstić information content (AvgIpc) is 2.41. The minimum atomic E-state index is -0.452. The van der Waals surface area contributed by atoms with Gasteiger partial charge in [0.05, 0.1) is 18.3 Å². The Morgan fingerprint density at radius 3 is 2.79 bits per heavy atom. The summed E-state index contributed by atoms with van der Waals surface area (Å²) in [5.74, 6) is -0.0129. The Kier molecular flexibility index (Phi) is 4.39. The Balaban J connectivity index is 2.11. The van der Waals surface area contributed by atoms with Crippen LogP contribution in [0, 0.1) is 5.82 Å².